The number of carbonyl (C=O) groups excluding carboxylic acids is 1. The summed E-state index contributed by atoms with van der Waals surface area (Å²) < 4.78 is 2.06. The lowest BCUT2D eigenvalue weighted by Gasteiger charge is -2.50. The average molecular weight is 347 g/mol. The molecule has 2 aliphatic rings. The number of hydrogen-bond donors (Lipinski definition) is 0. The van der Waals surface area contributed by atoms with E-state index in [4.69, 9.17) is 0 Å². The van der Waals surface area contributed by atoms with E-state index in [-0.39, 0.29) is 17.8 Å². The minimum atomic E-state index is 0. The highest BCUT2D eigenvalue weighted by Crippen LogP contribution is 2.54. The molecule has 0 amide bonds. The van der Waals surface area contributed by atoms with Gasteiger partial charge in [-0.25, -0.2) is 0 Å². The topological polar surface area (TPSA) is 25.2 Å². The maximum absolute atomic E-state index is 13.1. The van der Waals surface area contributed by atoms with Gasteiger partial charge in [0.05, 0.1) is 11.6 Å². The summed E-state index contributed by atoms with van der Waals surface area (Å²) in [7, 11) is 0. The van der Waals surface area contributed by atoms with Gasteiger partial charge in [0.15, 0.2) is 0 Å². The first-order valence-corrected chi connectivity index (χ1v) is 9.06. The van der Waals surface area contributed by atoms with Crippen molar-refractivity contribution in [2.75, 3.05) is 13.1 Å². The Balaban J connectivity index is 0.00000169. The molecular weight excluding hydrogens is 320 g/mol. The largest absolute Gasteiger partial charge is 0.294 e. The molecule has 130 valence electrons. The first-order valence-electron chi connectivity index (χ1n) is 9.06. The summed E-state index contributed by atoms with van der Waals surface area (Å²) in [4.78, 5) is 15.7. The predicted molar refractivity (Wildman–Crippen MR) is 101 cm³/mol. The van der Waals surface area contributed by atoms with Gasteiger partial charge in [0.1, 0.15) is 0 Å². The quantitative estimate of drug-likeness (QED) is 0.795. The van der Waals surface area contributed by atoms with Crippen LogP contribution in [0.5, 0.6) is 0 Å². The zero-order valence-corrected chi connectivity index (χ0v) is 15.7. The standard InChI is InChI=1S/C20H26N2O.ClH/c1-4-20(5-2)13-17(23)22-16-10-8-7-9-14(16)15-11-12-21(6-3)19(20)18(15)22;/h7-10,19H,4-6,11-13H2,1-3H3;1H. The second-order valence-electron chi connectivity index (χ2n) is 7.14. The van der Waals surface area contributed by atoms with Gasteiger partial charge in [0, 0.05) is 24.0 Å². The van der Waals surface area contributed by atoms with Crippen LogP contribution in [0.2, 0.25) is 0 Å². The minimum absolute atomic E-state index is 0. The van der Waals surface area contributed by atoms with E-state index in [1.54, 1.807) is 0 Å². The smallest absolute Gasteiger partial charge is 0.231 e. The van der Waals surface area contributed by atoms with Crippen LogP contribution in [0.1, 0.15) is 62.1 Å². The van der Waals surface area contributed by atoms with Gasteiger partial charge in [0.2, 0.25) is 5.91 Å². The number of fused-ring (bicyclic) bond motifs is 3. The SMILES string of the molecule is CCN1CCc2c3n(c4ccccc24)C(=O)CC(CC)(CC)C31.Cl. The Morgan fingerprint density at radius 3 is 2.54 bits per heavy atom. The zero-order valence-electron chi connectivity index (χ0n) is 14.8. The fraction of sp³-hybridized carbons (Fsp3) is 0.550. The number of rotatable bonds is 3. The van der Waals surface area contributed by atoms with Gasteiger partial charge in [-0.15, -0.1) is 12.4 Å². The van der Waals surface area contributed by atoms with Crippen LogP contribution in [-0.2, 0) is 6.42 Å². The van der Waals surface area contributed by atoms with Crippen molar-refractivity contribution >= 4 is 29.2 Å². The molecule has 2 aromatic rings. The van der Waals surface area contributed by atoms with Crippen LogP contribution >= 0.6 is 12.4 Å². The van der Waals surface area contributed by atoms with Crippen molar-refractivity contribution in [1.29, 1.82) is 0 Å². The van der Waals surface area contributed by atoms with E-state index >= 15 is 0 Å². The molecule has 0 spiro atoms. The van der Waals surface area contributed by atoms with Crippen LogP contribution < -0.4 is 0 Å². The van der Waals surface area contributed by atoms with Crippen molar-refractivity contribution in [3.63, 3.8) is 0 Å². The van der Waals surface area contributed by atoms with Crippen molar-refractivity contribution in [1.82, 2.24) is 9.47 Å². The Bertz CT molecular complexity index is 775. The van der Waals surface area contributed by atoms with Crippen molar-refractivity contribution in [2.24, 2.45) is 5.41 Å². The molecule has 0 N–H and O–H groups in total. The molecule has 4 rings (SSSR count). The third-order valence-corrected chi connectivity index (χ3v) is 6.44. The normalized spacial score (nSPS) is 22.3. The first-order chi connectivity index (χ1) is 11.2. The van der Waals surface area contributed by atoms with E-state index < -0.39 is 0 Å². The molecule has 1 unspecified atom stereocenters. The van der Waals surface area contributed by atoms with Crippen LogP contribution in [-0.4, -0.2) is 28.5 Å². The molecule has 0 aliphatic carbocycles. The van der Waals surface area contributed by atoms with Gasteiger partial charge in [-0.2, -0.15) is 0 Å². The van der Waals surface area contributed by atoms with Crippen molar-refractivity contribution in [2.45, 2.75) is 52.5 Å². The first kappa shape index (κ1) is 17.5. The fourth-order valence-corrected chi connectivity index (χ4v) is 5.08. The van der Waals surface area contributed by atoms with Gasteiger partial charge in [0.25, 0.3) is 0 Å². The van der Waals surface area contributed by atoms with E-state index in [2.05, 4.69) is 54.5 Å². The molecule has 3 heterocycles. The summed E-state index contributed by atoms with van der Waals surface area (Å²) in [5.41, 5.74) is 3.94. The molecule has 0 saturated carbocycles. The zero-order chi connectivity index (χ0) is 16.2. The van der Waals surface area contributed by atoms with Crippen molar-refractivity contribution in [3.05, 3.63) is 35.5 Å². The Kier molecular flexibility index (Phi) is 4.52. The van der Waals surface area contributed by atoms with Gasteiger partial charge < -0.3 is 0 Å². The number of nitrogens with zero attached hydrogens (tertiary/aromatic N) is 2. The molecule has 24 heavy (non-hydrogen) atoms. The third-order valence-electron chi connectivity index (χ3n) is 6.44. The second-order valence-corrected chi connectivity index (χ2v) is 7.14. The summed E-state index contributed by atoms with van der Waals surface area (Å²) in [5, 5.41) is 1.29. The van der Waals surface area contributed by atoms with Crippen LogP contribution in [0, 0.1) is 5.41 Å². The van der Waals surface area contributed by atoms with Crippen LogP contribution in [0.15, 0.2) is 24.3 Å². The Labute approximate surface area is 150 Å². The molecular formula is C20H27ClN2O. The number of aromatic nitrogens is 1. The number of carbonyl (C=O) groups is 1. The number of halogens is 1. The monoisotopic (exact) mass is 346 g/mol. The predicted octanol–water partition coefficient (Wildman–Crippen LogP) is 4.83. The Hall–Kier alpha value is -1.32. The second kappa shape index (κ2) is 6.20. The van der Waals surface area contributed by atoms with Gasteiger partial charge in [-0.05, 0) is 42.9 Å². The van der Waals surface area contributed by atoms with Crippen molar-refractivity contribution in [3.8, 4) is 0 Å². The summed E-state index contributed by atoms with van der Waals surface area (Å²) in [6.07, 6.45) is 3.87. The summed E-state index contributed by atoms with van der Waals surface area (Å²) >= 11 is 0. The lowest BCUT2D eigenvalue weighted by Crippen LogP contribution is -2.50. The Morgan fingerprint density at radius 1 is 1.17 bits per heavy atom. The molecule has 3 nitrogen and oxygen atoms in total. The van der Waals surface area contributed by atoms with Crippen molar-refractivity contribution < 1.29 is 4.79 Å². The lowest BCUT2D eigenvalue weighted by molar-refractivity contribution is 0.0183. The van der Waals surface area contributed by atoms with Gasteiger partial charge in [-0.3, -0.25) is 14.3 Å². The van der Waals surface area contributed by atoms with E-state index in [1.165, 1.54) is 16.6 Å². The molecule has 2 aliphatic heterocycles. The maximum atomic E-state index is 13.1. The van der Waals surface area contributed by atoms with Gasteiger partial charge >= 0.3 is 0 Å². The summed E-state index contributed by atoms with van der Waals surface area (Å²) in [6, 6.07) is 8.85. The molecule has 0 fully saturated rings. The molecule has 0 saturated heterocycles. The lowest BCUT2D eigenvalue weighted by atomic mass is 9.67. The maximum Gasteiger partial charge on any atom is 0.231 e. The Morgan fingerprint density at radius 2 is 1.88 bits per heavy atom. The highest BCUT2D eigenvalue weighted by atomic mass is 35.5. The fourth-order valence-electron chi connectivity index (χ4n) is 5.08. The average Bonchev–Trinajstić information content (AvgIpc) is 2.93. The van der Waals surface area contributed by atoms with Crippen LogP contribution in [0.4, 0.5) is 0 Å². The number of para-hydroxylation sites is 1. The van der Waals surface area contributed by atoms with E-state index in [0.29, 0.717) is 18.4 Å². The summed E-state index contributed by atoms with van der Waals surface area (Å²) in [6.45, 7) is 8.94. The van der Waals surface area contributed by atoms with E-state index in [9.17, 15) is 4.79 Å². The molecule has 4 heteroatoms. The summed E-state index contributed by atoms with van der Waals surface area (Å²) in [5.74, 6) is 0.292. The number of hydrogen-bond acceptors (Lipinski definition) is 2. The highest BCUT2D eigenvalue weighted by Gasteiger charge is 2.50. The minimum Gasteiger partial charge on any atom is -0.294 e. The van der Waals surface area contributed by atoms with Gasteiger partial charge in [-0.1, -0.05) is 39.0 Å². The van der Waals surface area contributed by atoms with Crippen LogP contribution in [0.3, 0.4) is 0 Å². The van der Waals surface area contributed by atoms with E-state index in [1.807, 2.05) is 0 Å². The molecule has 1 aromatic carbocycles. The third kappa shape index (κ3) is 2.11. The number of benzene rings is 1. The molecule has 0 radical (unpaired) electrons. The molecule has 1 atom stereocenters. The highest BCUT2D eigenvalue weighted by molar-refractivity contribution is 5.97. The molecule has 1 aromatic heterocycles. The van der Waals surface area contributed by atoms with Crippen LogP contribution in [0.25, 0.3) is 10.9 Å². The molecule has 0 bridgehead atoms. The van der Waals surface area contributed by atoms with E-state index in [0.717, 1.165) is 37.9 Å². The number of likely N-dealkylation sites (N-methyl/N-ethyl adjacent to an activating group) is 1.